The monoisotopic (exact) mass is 304 g/mol. The summed E-state index contributed by atoms with van der Waals surface area (Å²) in [5, 5.41) is 3.27. The Morgan fingerprint density at radius 2 is 2.05 bits per heavy atom. The van der Waals surface area contributed by atoms with Gasteiger partial charge in [0.05, 0.1) is 0 Å². The largest absolute Gasteiger partial charge is 0.312 e. The van der Waals surface area contributed by atoms with Crippen molar-refractivity contribution in [1.29, 1.82) is 0 Å². The van der Waals surface area contributed by atoms with E-state index in [9.17, 15) is 8.42 Å². The number of sulfonamides is 1. The van der Waals surface area contributed by atoms with E-state index in [0.29, 0.717) is 16.7 Å². The first-order valence-electron chi connectivity index (χ1n) is 6.78. The predicted octanol–water partition coefficient (Wildman–Crippen LogP) is 2.57. The second-order valence-electron chi connectivity index (χ2n) is 4.76. The molecule has 0 bridgehead atoms. The first kappa shape index (κ1) is 16.6. The van der Waals surface area contributed by atoms with Gasteiger partial charge < -0.3 is 5.32 Å². The second-order valence-corrected chi connectivity index (χ2v) is 7.92. The van der Waals surface area contributed by atoms with Gasteiger partial charge in [-0.05, 0) is 31.0 Å². The highest BCUT2D eigenvalue weighted by Crippen LogP contribution is 2.21. The third-order valence-corrected chi connectivity index (χ3v) is 5.95. The third-order valence-electron chi connectivity index (χ3n) is 2.95. The topological polar surface area (TPSA) is 58.2 Å². The lowest BCUT2D eigenvalue weighted by molar-refractivity contribution is 0.529. The Bertz CT molecular complexity index is 469. The molecule has 0 spiro atoms. The van der Waals surface area contributed by atoms with E-state index < -0.39 is 10.0 Å². The summed E-state index contributed by atoms with van der Waals surface area (Å²) in [6.07, 6.45) is 2.05. The van der Waals surface area contributed by atoms with Crippen molar-refractivity contribution < 1.29 is 8.42 Å². The molecule has 0 fully saturated rings. The van der Waals surface area contributed by atoms with E-state index in [4.69, 9.17) is 0 Å². The fraction of sp³-hybridized carbons (Fsp3) is 0.692. The zero-order chi connectivity index (χ0) is 14.3. The molecule has 0 saturated heterocycles. The van der Waals surface area contributed by atoms with Crippen LogP contribution in [0.25, 0.3) is 0 Å². The summed E-state index contributed by atoms with van der Waals surface area (Å²) in [7, 11) is -3.33. The van der Waals surface area contributed by atoms with E-state index in [-0.39, 0.29) is 0 Å². The predicted molar refractivity (Wildman–Crippen MR) is 81.0 cm³/mol. The Morgan fingerprint density at radius 3 is 2.68 bits per heavy atom. The normalized spacial score (nSPS) is 13.6. The molecule has 0 amide bonds. The molecule has 1 aromatic heterocycles. The fourth-order valence-corrected chi connectivity index (χ4v) is 3.99. The summed E-state index contributed by atoms with van der Waals surface area (Å²) in [6.45, 7) is 8.39. The Balaban J connectivity index is 2.58. The standard InChI is InChI=1S/C13H24N2O2S2/c1-4-8-14-10-12-6-7-13(18-12)19(16,17)15-9-11(3)5-2/h6-7,11,14-15H,4-5,8-10H2,1-3H3. The smallest absolute Gasteiger partial charge is 0.250 e. The van der Waals surface area contributed by atoms with Gasteiger partial charge in [-0.15, -0.1) is 11.3 Å². The van der Waals surface area contributed by atoms with Crippen molar-refractivity contribution in [2.45, 2.75) is 44.4 Å². The molecule has 0 saturated carbocycles. The maximum Gasteiger partial charge on any atom is 0.250 e. The first-order chi connectivity index (χ1) is 8.99. The van der Waals surface area contributed by atoms with Crippen molar-refractivity contribution >= 4 is 21.4 Å². The molecule has 1 aromatic rings. The van der Waals surface area contributed by atoms with Gasteiger partial charge in [-0.2, -0.15) is 0 Å². The first-order valence-corrected chi connectivity index (χ1v) is 9.08. The van der Waals surface area contributed by atoms with Gasteiger partial charge >= 0.3 is 0 Å². The van der Waals surface area contributed by atoms with Gasteiger partial charge in [0.1, 0.15) is 4.21 Å². The summed E-state index contributed by atoms with van der Waals surface area (Å²) in [4.78, 5) is 1.05. The van der Waals surface area contributed by atoms with Gasteiger partial charge in [0, 0.05) is 18.0 Å². The van der Waals surface area contributed by atoms with Crippen LogP contribution in [0.5, 0.6) is 0 Å². The molecular weight excluding hydrogens is 280 g/mol. The van der Waals surface area contributed by atoms with Crippen molar-refractivity contribution in [3.8, 4) is 0 Å². The SMILES string of the molecule is CCCNCc1ccc(S(=O)(=O)NCC(C)CC)s1. The average molecular weight is 304 g/mol. The minimum atomic E-state index is -3.33. The van der Waals surface area contributed by atoms with E-state index in [1.165, 1.54) is 11.3 Å². The molecule has 4 nitrogen and oxygen atoms in total. The summed E-state index contributed by atoms with van der Waals surface area (Å²) in [5.74, 6) is 0.362. The molecule has 0 aliphatic heterocycles. The Labute approximate surface area is 120 Å². The summed E-state index contributed by atoms with van der Waals surface area (Å²) in [5.41, 5.74) is 0. The molecule has 0 aromatic carbocycles. The van der Waals surface area contributed by atoms with Crippen LogP contribution in [0.2, 0.25) is 0 Å². The van der Waals surface area contributed by atoms with Crippen LogP contribution >= 0.6 is 11.3 Å². The van der Waals surface area contributed by atoms with Crippen molar-refractivity contribution in [3.63, 3.8) is 0 Å². The van der Waals surface area contributed by atoms with Crippen LogP contribution in [0.3, 0.4) is 0 Å². The summed E-state index contributed by atoms with van der Waals surface area (Å²) >= 11 is 1.34. The molecule has 2 N–H and O–H groups in total. The molecule has 110 valence electrons. The number of thiophene rings is 1. The molecule has 0 aliphatic carbocycles. The number of nitrogens with one attached hydrogen (secondary N) is 2. The van der Waals surface area contributed by atoms with E-state index in [1.54, 1.807) is 6.07 Å². The van der Waals surface area contributed by atoms with Gasteiger partial charge in [-0.3, -0.25) is 0 Å². The van der Waals surface area contributed by atoms with Crippen molar-refractivity contribution in [2.24, 2.45) is 5.92 Å². The van der Waals surface area contributed by atoms with Crippen LogP contribution in [0.15, 0.2) is 16.3 Å². The second kappa shape index (κ2) is 7.99. The van der Waals surface area contributed by atoms with Gasteiger partial charge in [0.15, 0.2) is 0 Å². The quantitative estimate of drug-likeness (QED) is 0.689. The van der Waals surface area contributed by atoms with Crippen molar-refractivity contribution in [2.75, 3.05) is 13.1 Å². The maximum atomic E-state index is 12.1. The summed E-state index contributed by atoms with van der Waals surface area (Å²) < 4.78 is 27.2. The summed E-state index contributed by atoms with van der Waals surface area (Å²) in [6, 6.07) is 3.57. The average Bonchev–Trinajstić information content (AvgIpc) is 2.86. The molecule has 0 aliphatic rings. The molecule has 1 atom stereocenters. The van der Waals surface area contributed by atoms with Crippen molar-refractivity contribution in [3.05, 3.63) is 17.0 Å². The maximum absolute atomic E-state index is 12.1. The molecule has 1 heterocycles. The lowest BCUT2D eigenvalue weighted by Gasteiger charge is -2.09. The van der Waals surface area contributed by atoms with Crippen LogP contribution in [0, 0.1) is 5.92 Å². The van der Waals surface area contributed by atoms with E-state index in [2.05, 4.69) is 23.9 Å². The number of hydrogen-bond donors (Lipinski definition) is 2. The van der Waals surface area contributed by atoms with Crippen LogP contribution in [0.4, 0.5) is 0 Å². The Kier molecular flexibility index (Phi) is 6.99. The van der Waals surface area contributed by atoms with Crippen LogP contribution in [-0.4, -0.2) is 21.5 Å². The third kappa shape index (κ3) is 5.60. The van der Waals surface area contributed by atoms with Gasteiger partial charge in [-0.25, -0.2) is 13.1 Å². The van der Waals surface area contributed by atoms with E-state index in [1.807, 2.05) is 13.0 Å². The highest BCUT2D eigenvalue weighted by atomic mass is 32.2. The highest BCUT2D eigenvalue weighted by molar-refractivity contribution is 7.91. The van der Waals surface area contributed by atoms with Crippen LogP contribution in [-0.2, 0) is 16.6 Å². The zero-order valence-corrected chi connectivity index (χ0v) is 13.5. The lowest BCUT2D eigenvalue weighted by atomic mass is 10.1. The van der Waals surface area contributed by atoms with Crippen LogP contribution < -0.4 is 10.0 Å². The van der Waals surface area contributed by atoms with Crippen molar-refractivity contribution in [1.82, 2.24) is 10.0 Å². The van der Waals surface area contributed by atoms with Gasteiger partial charge in [0.25, 0.3) is 0 Å². The van der Waals surface area contributed by atoms with Crippen LogP contribution in [0.1, 0.15) is 38.5 Å². The minimum absolute atomic E-state index is 0.362. The molecule has 19 heavy (non-hydrogen) atoms. The molecule has 0 radical (unpaired) electrons. The van der Waals surface area contributed by atoms with E-state index >= 15 is 0 Å². The molecule has 1 unspecified atom stereocenters. The van der Waals surface area contributed by atoms with Gasteiger partial charge in [-0.1, -0.05) is 27.2 Å². The number of hydrogen-bond acceptors (Lipinski definition) is 4. The molecular formula is C13H24N2O2S2. The Morgan fingerprint density at radius 1 is 1.32 bits per heavy atom. The highest BCUT2D eigenvalue weighted by Gasteiger charge is 2.17. The fourth-order valence-electron chi connectivity index (χ4n) is 1.45. The lowest BCUT2D eigenvalue weighted by Crippen LogP contribution is -2.27. The van der Waals surface area contributed by atoms with Gasteiger partial charge in [0.2, 0.25) is 10.0 Å². The Hall–Kier alpha value is -0.430. The minimum Gasteiger partial charge on any atom is -0.312 e. The molecule has 6 heteroatoms. The zero-order valence-electron chi connectivity index (χ0n) is 11.9. The van der Waals surface area contributed by atoms with E-state index in [0.717, 1.165) is 30.8 Å². The number of rotatable bonds is 9. The molecule has 1 rings (SSSR count).